The molecule has 0 aromatic heterocycles. The smallest absolute Gasteiger partial charge is 0.161 e. The van der Waals surface area contributed by atoms with Crippen LogP contribution < -0.4 is 5.32 Å². The van der Waals surface area contributed by atoms with Gasteiger partial charge in [-0.15, -0.1) is 0 Å². The highest BCUT2D eigenvalue weighted by Crippen LogP contribution is 2.28. The lowest BCUT2D eigenvalue weighted by Gasteiger charge is -2.12. The molecule has 1 N–H and O–H groups in total. The molecule has 0 fully saturated rings. The third-order valence-corrected chi connectivity index (χ3v) is 3.97. The topological polar surface area (TPSA) is 24.4 Å². The first kappa shape index (κ1) is 12.5. The van der Waals surface area contributed by atoms with Gasteiger partial charge in [0.2, 0.25) is 0 Å². The number of benzene rings is 1. The van der Waals surface area contributed by atoms with Crippen molar-refractivity contribution in [1.82, 2.24) is 0 Å². The second-order valence-corrected chi connectivity index (χ2v) is 6.24. The minimum atomic E-state index is 0.654. The van der Waals surface area contributed by atoms with E-state index in [1.54, 1.807) is 0 Å². The minimum Gasteiger partial charge on any atom is -0.335 e. The van der Waals surface area contributed by atoms with E-state index in [0.717, 1.165) is 17.6 Å². The molecule has 1 aromatic carbocycles. The zero-order valence-electron chi connectivity index (χ0n) is 10.7. The Balaban J connectivity index is 1.92. The molecular formula is C14H20N2S. The predicted molar refractivity (Wildman–Crippen MR) is 77.9 cm³/mol. The van der Waals surface area contributed by atoms with Gasteiger partial charge in [-0.3, -0.25) is 4.99 Å². The molecule has 1 heterocycles. The van der Waals surface area contributed by atoms with E-state index in [9.17, 15) is 0 Å². The van der Waals surface area contributed by atoms with E-state index in [1.807, 2.05) is 11.8 Å². The summed E-state index contributed by atoms with van der Waals surface area (Å²) < 4.78 is 0. The Bertz CT molecular complexity index is 412. The molecule has 92 valence electrons. The zero-order valence-corrected chi connectivity index (χ0v) is 11.6. The Morgan fingerprint density at radius 1 is 1.41 bits per heavy atom. The van der Waals surface area contributed by atoms with Gasteiger partial charge in [0.15, 0.2) is 5.17 Å². The Morgan fingerprint density at radius 3 is 2.88 bits per heavy atom. The standard InChI is InChI=1S/C14H20N2S/c1-10(2)8-12-9-15-14(17-12)16-13-7-5-4-6-11(13)3/h4-7,10,12H,8-9H2,1-3H3,(H,15,16). The summed E-state index contributed by atoms with van der Waals surface area (Å²) in [6, 6.07) is 8.34. The number of aliphatic imine (C=N–C) groups is 1. The van der Waals surface area contributed by atoms with Crippen LogP contribution in [-0.4, -0.2) is 17.0 Å². The predicted octanol–water partition coefficient (Wildman–Crippen LogP) is 3.92. The molecule has 0 amide bonds. The third-order valence-electron chi connectivity index (χ3n) is 2.84. The van der Waals surface area contributed by atoms with E-state index in [-0.39, 0.29) is 0 Å². The maximum Gasteiger partial charge on any atom is 0.161 e. The van der Waals surface area contributed by atoms with Crippen LogP contribution in [0.3, 0.4) is 0 Å². The number of thioether (sulfide) groups is 1. The fourth-order valence-corrected chi connectivity index (χ4v) is 3.23. The summed E-state index contributed by atoms with van der Waals surface area (Å²) in [5.74, 6) is 0.750. The second-order valence-electron chi connectivity index (χ2n) is 4.96. The normalized spacial score (nSPS) is 19.5. The van der Waals surface area contributed by atoms with Gasteiger partial charge in [-0.1, -0.05) is 43.8 Å². The molecule has 1 aliphatic heterocycles. The van der Waals surface area contributed by atoms with Gasteiger partial charge in [0.25, 0.3) is 0 Å². The summed E-state index contributed by atoms with van der Waals surface area (Å²) in [6.45, 7) is 7.62. The van der Waals surface area contributed by atoms with Gasteiger partial charge in [-0.25, -0.2) is 0 Å². The number of rotatable bonds is 3. The molecule has 0 aliphatic carbocycles. The van der Waals surface area contributed by atoms with Crippen molar-refractivity contribution < 1.29 is 0 Å². The minimum absolute atomic E-state index is 0.654. The molecule has 1 aromatic rings. The summed E-state index contributed by atoms with van der Waals surface area (Å²) >= 11 is 1.88. The van der Waals surface area contributed by atoms with Crippen molar-refractivity contribution in [2.45, 2.75) is 32.4 Å². The van der Waals surface area contributed by atoms with Gasteiger partial charge >= 0.3 is 0 Å². The molecule has 0 spiro atoms. The Morgan fingerprint density at radius 2 is 2.18 bits per heavy atom. The summed E-state index contributed by atoms with van der Waals surface area (Å²) in [5, 5.41) is 5.15. The van der Waals surface area contributed by atoms with Gasteiger partial charge in [0.1, 0.15) is 0 Å². The fraction of sp³-hybridized carbons (Fsp3) is 0.500. The molecule has 0 saturated heterocycles. The molecule has 0 bridgehead atoms. The molecule has 0 radical (unpaired) electrons. The first-order valence-electron chi connectivity index (χ1n) is 6.19. The summed E-state index contributed by atoms with van der Waals surface area (Å²) in [4.78, 5) is 4.58. The maximum atomic E-state index is 4.58. The van der Waals surface area contributed by atoms with E-state index < -0.39 is 0 Å². The van der Waals surface area contributed by atoms with Crippen LogP contribution in [-0.2, 0) is 0 Å². The monoisotopic (exact) mass is 248 g/mol. The number of nitrogens with zero attached hydrogens (tertiary/aromatic N) is 1. The van der Waals surface area contributed by atoms with Crippen LogP contribution in [0.5, 0.6) is 0 Å². The van der Waals surface area contributed by atoms with Gasteiger partial charge in [0.05, 0.1) is 6.54 Å². The largest absolute Gasteiger partial charge is 0.335 e. The summed E-state index contributed by atoms with van der Waals surface area (Å²) in [5.41, 5.74) is 2.44. The van der Waals surface area contributed by atoms with Gasteiger partial charge in [-0.05, 0) is 30.9 Å². The molecule has 2 rings (SSSR count). The lowest BCUT2D eigenvalue weighted by molar-refractivity contribution is 0.575. The zero-order chi connectivity index (χ0) is 12.3. The highest BCUT2D eigenvalue weighted by atomic mass is 32.2. The van der Waals surface area contributed by atoms with Crippen molar-refractivity contribution in [2.24, 2.45) is 10.9 Å². The van der Waals surface area contributed by atoms with Crippen LogP contribution in [0.25, 0.3) is 0 Å². The molecule has 1 unspecified atom stereocenters. The number of para-hydroxylation sites is 1. The molecule has 17 heavy (non-hydrogen) atoms. The van der Waals surface area contributed by atoms with Crippen LogP contribution in [0.1, 0.15) is 25.8 Å². The van der Waals surface area contributed by atoms with Crippen molar-refractivity contribution in [3.05, 3.63) is 29.8 Å². The molecule has 1 aliphatic rings. The highest BCUT2D eigenvalue weighted by molar-refractivity contribution is 8.15. The summed E-state index contributed by atoms with van der Waals surface area (Å²) in [7, 11) is 0. The van der Waals surface area contributed by atoms with E-state index in [0.29, 0.717) is 5.25 Å². The molecule has 3 heteroatoms. The van der Waals surface area contributed by atoms with Crippen LogP contribution >= 0.6 is 11.8 Å². The van der Waals surface area contributed by atoms with Crippen molar-refractivity contribution in [1.29, 1.82) is 0 Å². The van der Waals surface area contributed by atoms with Crippen LogP contribution in [0.2, 0.25) is 0 Å². The SMILES string of the molecule is Cc1ccccc1NC1=NCC(CC(C)C)S1. The molecule has 2 nitrogen and oxygen atoms in total. The van der Waals surface area contributed by atoms with Crippen molar-refractivity contribution in [3.8, 4) is 0 Å². The second kappa shape index (κ2) is 5.58. The van der Waals surface area contributed by atoms with E-state index in [4.69, 9.17) is 0 Å². The lowest BCUT2D eigenvalue weighted by Crippen LogP contribution is -2.10. The quantitative estimate of drug-likeness (QED) is 0.876. The maximum absolute atomic E-state index is 4.58. The molecule has 0 saturated carbocycles. The van der Waals surface area contributed by atoms with Gasteiger partial charge in [-0.2, -0.15) is 0 Å². The Labute approximate surface area is 108 Å². The van der Waals surface area contributed by atoms with E-state index >= 15 is 0 Å². The highest BCUT2D eigenvalue weighted by Gasteiger charge is 2.20. The average molecular weight is 248 g/mol. The van der Waals surface area contributed by atoms with Gasteiger partial charge in [0, 0.05) is 10.9 Å². The van der Waals surface area contributed by atoms with E-state index in [1.165, 1.54) is 17.7 Å². The third kappa shape index (κ3) is 3.50. The first-order valence-corrected chi connectivity index (χ1v) is 7.07. The molecule has 1 atom stereocenters. The number of aryl methyl sites for hydroxylation is 1. The number of amidine groups is 1. The number of anilines is 1. The fourth-order valence-electron chi connectivity index (χ4n) is 1.96. The van der Waals surface area contributed by atoms with Gasteiger partial charge < -0.3 is 5.32 Å². The molecular weight excluding hydrogens is 228 g/mol. The average Bonchev–Trinajstić information content (AvgIpc) is 2.68. The van der Waals surface area contributed by atoms with E-state index in [2.05, 4.69) is 55.3 Å². The van der Waals surface area contributed by atoms with Crippen LogP contribution in [0.4, 0.5) is 5.69 Å². The Hall–Kier alpha value is -0.960. The lowest BCUT2D eigenvalue weighted by atomic mass is 10.1. The number of hydrogen-bond acceptors (Lipinski definition) is 3. The van der Waals surface area contributed by atoms with Crippen LogP contribution in [0.15, 0.2) is 29.3 Å². The number of hydrogen-bond donors (Lipinski definition) is 1. The first-order chi connectivity index (χ1) is 8.15. The van der Waals surface area contributed by atoms with Crippen molar-refractivity contribution >= 4 is 22.6 Å². The summed E-state index contributed by atoms with van der Waals surface area (Å²) in [6.07, 6.45) is 1.24. The van der Waals surface area contributed by atoms with Crippen molar-refractivity contribution in [3.63, 3.8) is 0 Å². The Kier molecular flexibility index (Phi) is 4.11. The van der Waals surface area contributed by atoms with Crippen LogP contribution in [0, 0.1) is 12.8 Å². The van der Waals surface area contributed by atoms with Crippen molar-refractivity contribution in [2.75, 3.05) is 11.9 Å². The number of nitrogens with one attached hydrogen (secondary N) is 1.